The summed E-state index contributed by atoms with van der Waals surface area (Å²) in [7, 11) is 0. The van der Waals surface area contributed by atoms with Crippen LogP contribution in [0.2, 0.25) is 0 Å². The van der Waals surface area contributed by atoms with Crippen LogP contribution < -0.4 is 10.6 Å². The second-order valence-electron chi connectivity index (χ2n) is 3.96. The Balaban J connectivity index is 1.83. The summed E-state index contributed by atoms with van der Waals surface area (Å²) >= 11 is 3.51. The summed E-state index contributed by atoms with van der Waals surface area (Å²) in [4.78, 5) is 8.40. The lowest BCUT2D eigenvalue weighted by molar-refractivity contribution is 0.591. The van der Waals surface area contributed by atoms with E-state index in [9.17, 15) is 0 Å². The largest absolute Gasteiger partial charge is 0.369 e. The van der Waals surface area contributed by atoms with E-state index in [-0.39, 0.29) is 0 Å². The summed E-state index contributed by atoms with van der Waals surface area (Å²) in [5.41, 5.74) is 0. The highest BCUT2D eigenvalue weighted by molar-refractivity contribution is 9.10. The summed E-state index contributed by atoms with van der Waals surface area (Å²) in [6.07, 6.45) is 6.29. The van der Waals surface area contributed by atoms with Crippen LogP contribution in [0.1, 0.15) is 13.3 Å². The Morgan fingerprint density at radius 2 is 2.05 bits per heavy atom. The number of aromatic nitrogens is 4. The van der Waals surface area contributed by atoms with Crippen LogP contribution in [0.15, 0.2) is 29.3 Å². The molecule has 0 unspecified atom stereocenters. The molecule has 2 N–H and O–H groups in total. The van der Waals surface area contributed by atoms with Gasteiger partial charge in [-0.05, 0) is 35.3 Å². The third-order valence-corrected chi connectivity index (χ3v) is 3.30. The molecule has 0 saturated carbocycles. The fourth-order valence-corrected chi connectivity index (χ4v) is 2.15. The van der Waals surface area contributed by atoms with Crippen molar-refractivity contribution < 1.29 is 0 Å². The van der Waals surface area contributed by atoms with Crippen molar-refractivity contribution in [3.63, 3.8) is 0 Å². The average Bonchev–Trinajstić information content (AvgIpc) is 2.92. The van der Waals surface area contributed by atoms with E-state index in [1.54, 1.807) is 12.5 Å². The van der Waals surface area contributed by atoms with E-state index in [0.29, 0.717) is 0 Å². The van der Waals surface area contributed by atoms with Crippen LogP contribution in [0.4, 0.5) is 11.6 Å². The quantitative estimate of drug-likeness (QED) is 0.765. The van der Waals surface area contributed by atoms with Gasteiger partial charge in [0.2, 0.25) is 0 Å². The van der Waals surface area contributed by atoms with Gasteiger partial charge in [0, 0.05) is 32.0 Å². The molecule has 0 aliphatic heterocycles. The van der Waals surface area contributed by atoms with Gasteiger partial charge in [-0.3, -0.25) is 4.68 Å². The van der Waals surface area contributed by atoms with E-state index >= 15 is 0 Å². The van der Waals surface area contributed by atoms with Crippen molar-refractivity contribution in [3.05, 3.63) is 29.3 Å². The highest BCUT2D eigenvalue weighted by Crippen LogP contribution is 2.26. The Morgan fingerprint density at radius 1 is 1.26 bits per heavy atom. The minimum absolute atomic E-state index is 0.811. The Hall–Kier alpha value is -1.63. The summed E-state index contributed by atoms with van der Waals surface area (Å²) in [6, 6.07) is 1.93. The molecule has 0 radical (unpaired) electrons. The molecule has 7 heteroatoms. The SMILES string of the molecule is CCNc1ncnc(NCCCn2cccn2)c1Br. The first-order valence-electron chi connectivity index (χ1n) is 6.27. The van der Waals surface area contributed by atoms with Gasteiger partial charge in [-0.15, -0.1) is 0 Å². The molecular weight excluding hydrogens is 308 g/mol. The topological polar surface area (TPSA) is 67.7 Å². The van der Waals surface area contributed by atoms with Crippen LogP contribution in [-0.2, 0) is 6.54 Å². The summed E-state index contributed by atoms with van der Waals surface area (Å²) in [5.74, 6) is 1.62. The molecule has 0 aliphatic rings. The van der Waals surface area contributed by atoms with Gasteiger partial charge < -0.3 is 10.6 Å². The number of hydrogen-bond donors (Lipinski definition) is 2. The van der Waals surface area contributed by atoms with E-state index in [0.717, 1.165) is 42.2 Å². The van der Waals surface area contributed by atoms with Gasteiger partial charge in [0.25, 0.3) is 0 Å². The highest BCUT2D eigenvalue weighted by atomic mass is 79.9. The lowest BCUT2D eigenvalue weighted by Gasteiger charge is -2.10. The van der Waals surface area contributed by atoms with Crippen molar-refractivity contribution in [3.8, 4) is 0 Å². The van der Waals surface area contributed by atoms with E-state index < -0.39 is 0 Å². The number of halogens is 1. The maximum atomic E-state index is 4.22. The van der Waals surface area contributed by atoms with Crippen molar-refractivity contribution in [2.45, 2.75) is 19.9 Å². The third-order valence-electron chi connectivity index (χ3n) is 2.55. The lowest BCUT2D eigenvalue weighted by Crippen LogP contribution is -2.10. The van der Waals surface area contributed by atoms with Gasteiger partial charge in [0.05, 0.1) is 0 Å². The van der Waals surface area contributed by atoms with Crippen LogP contribution in [0.5, 0.6) is 0 Å². The van der Waals surface area contributed by atoms with E-state index in [1.165, 1.54) is 0 Å². The molecule has 0 saturated heterocycles. The minimum Gasteiger partial charge on any atom is -0.369 e. The summed E-state index contributed by atoms with van der Waals surface area (Å²) in [6.45, 7) is 4.59. The zero-order valence-electron chi connectivity index (χ0n) is 10.8. The number of hydrogen-bond acceptors (Lipinski definition) is 5. The zero-order valence-corrected chi connectivity index (χ0v) is 12.4. The molecule has 0 amide bonds. The van der Waals surface area contributed by atoms with Gasteiger partial charge in [0.1, 0.15) is 22.4 Å². The van der Waals surface area contributed by atoms with Crippen molar-refractivity contribution in [1.82, 2.24) is 19.7 Å². The normalized spacial score (nSPS) is 10.4. The molecule has 0 aromatic carbocycles. The maximum Gasteiger partial charge on any atom is 0.145 e. The first-order chi connectivity index (χ1) is 9.31. The van der Waals surface area contributed by atoms with Crippen molar-refractivity contribution in [2.75, 3.05) is 23.7 Å². The fraction of sp³-hybridized carbons (Fsp3) is 0.417. The minimum atomic E-state index is 0.811. The monoisotopic (exact) mass is 324 g/mol. The van der Waals surface area contributed by atoms with E-state index in [4.69, 9.17) is 0 Å². The molecule has 2 aromatic heterocycles. The molecule has 0 aliphatic carbocycles. The maximum absolute atomic E-state index is 4.22. The predicted octanol–water partition coefficient (Wildman–Crippen LogP) is 2.37. The van der Waals surface area contributed by atoms with E-state index in [1.807, 2.05) is 23.9 Å². The molecule has 0 fully saturated rings. The average molecular weight is 325 g/mol. The third kappa shape index (κ3) is 3.92. The predicted molar refractivity (Wildman–Crippen MR) is 79.2 cm³/mol. The summed E-state index contributed by atoms with van der Waals surface area (Å²) < 4.78 is 2.79. The Bertz CT molecular complexity index is 499. The lowest BCUT2D eigenvalue weighted by atomic mass is 10.4. The molecule has 102 valence electrons. The number of nitrogens with one attached hydrogen (secondary N) is 2. The Morgan fingerprint density at radius 3 is 2.74 bits per heavy atom. The summed E-state index contributed by atoms with van der Waals surface area (Å²) in [5, 5.41) is 10.6. The van der Waals surface area contributed by atoms with Gasteiger partial charge in [-0.25, -0.2) is 9.97 Å². The van der Waals surface area contributed by atoms with Crippen molar-refractivity contribution >= 4 is 27.6 Å². The van der Waals surface area contributed by atoms with Crippen LogP contribution in [0, 0.1) is 0 Å². The first kappa shape index (κ1) is 13.8. The molecule has 0 atom stereocenters. The van der Waals surface area contributed by atoms with Crippen molar-refractivity contribution in [1.29, 1.82) is 0 Å². The molecule has 0 spiro atoms. The second kappa shape index (κ2) is 7.08. The number of anilines is 2. The van der Waals surface area contributed by atoms with Crippen molar-refractivity contribution in [2.24, 2.45) is 0 Å². The first-order valence-corrected chi connectivity index (χ1v) is 7.06. The smallest absolute Gasteiger partial charge is 0.145 e. The molecular formula is C12H17BrN6. The Labute approximate surface area is 120 Å². The number of nitrogens with zero attached hydrogens (tertiary/aromatic N) is 4. The molecule has 6 nitrogen and oxygen atoms in total. The zero-order chi connectivity index (χ0) is 13.5. The standard InChI is InChI=1S/C12H17BrN6/c1-2-14-11-10(13)12(17-9-16-11)15-5-3-7-19-8-4-6-18-19/h4,6,8-9H,2-3,5,7H2,1H3,(H2,14,15,16,17). The molecule has 19 heavy (non-hydrogen) atoms. The second-order valence-corrected chi connectivity index (χ2v) is 4.76. The van der Waals surface area contributed by atoms with Gasteiger partial charge in [-0.2, -0.15) is 5.10 Å². The van der Waals surface area contributed by atoms with Gasteiger partial charge in [0.15, 0.2) is 0 Å². The van der Waals surface area contributed by atoms with Gasteiger partial charge in [-0.1, -0.05) is 0 Å². The van der Waals surface area contributed by atoms with Crippen LogP contribution in [-0.4, -0.2) is 32.8 Å². The number of rotatable bonds is 7. The van der Waals surface area contributed by atoms with Crippen LogP contribution >= 0.6 is 15.9 Å². The highest BCUT2D eigenvalue weighted by Gasteiger charge is 2.06. The fourth-order valence-electron chi connectivity index (χ4n) is 1.66. The molecule has 0 bridgehead atoms. The Kier molecular flexibility index (Phi) is 5.14. The number of aryl methyl sites for hydroxylation is 1. The van der Waals surface area contributed by atoms with E-state index in [2.05, 4.69) is 41.6 Å². The van der Waals surface area contributed by atoms with Crippen LogP contribution in [0.25, 0.3) is 0 Å². The molecule has 2 aromatic rings. The van der Waals surface area contributed by atoms with Crippen LogP contribution in [0.3, 0.4) is 0 Å². The van der Waals surface area contributed by atoms with Gasteiger partial charge >= 0.3 is 0 Å². The molecule has 2 rings (SSSR count). The molecule has 2 heterocycles.